The summed E-state index contributed by atoms with van der Waals surface area (Å²) in [4.78, 5) is 50.2. The normalized spacial score (nSPS) is 19.6. The van der Waals surface area contributed by atoms with Gasteiger partial charge in [0.05, 0.1) is 6.04 Å². The molecular weight excluding hydrogens is 553 g/mol. The maximum atomic E-state index is 13.3. The van der Waals surface area contributed by atoms with Crippen LogP contribution in [0.2, 0.25) is 5.02 Å². The molecule has 0 aromatic heterocycles. The first-order valence-corrected chi connectivity index (χ1v) is 14.5. The van der Waals surface area contributed by atoms with Crippen molar-refractivity contribution in [2.75, 3.05) is 6.54 Å². The first-order valence-electron chi connectivity index (χ1n) is 13.7. The number of hydrogen-bond donors (Lipinski definition) is 3. The molecule has 3 unspecified atom stereocenters. The lowest BCUT2D eigenvalue weighted by molar-refractivity contribution is -0.127. The maximum absolute atomic E-state index is 13.3. The third-order valence-electron chi connectivity index (χ3n) is 7.37. The van der Waals surface area contributed by atoms with Gasteiger partial charge < -0.3 is 25.5 Å². The summed E-state index contributed by atoms with van der Waals surface area (Å²) < 4.78 is 6.04. The highest BCUT2D eigenvalue weighted by Gasteiger charge is 2.38. The van der Waals surface area contributed by atoms with E-state index in [1.54, 1.807) is 12.1 Å². The molecule has 1 aromatic carbocycles. The lowest BCUT2D eigenvalue weighted by atomic mass is 9.74. The SMILES string of the molecule is CC(C)CC(NC(=O)OC(c1ccc(Cl)cc1)C(C)(C)C1=CCCC(Cl)=C1)C(=O)NC(C=O)C[C@@H]1CCNC1=O. The Hall–Kier alpha value is -2.84. The van der Waals surface area contributed by atoms with Crippen LogP contribution in [-0.4, -0.2) is 42.8 Å². The van der Waals surface area contributed by atoms with Crippen molar-refractivity contribution in [3.05, 3.63) is 57.6 Å². The summed E-state index contributed by atoms with van der Waals surface area (Å²) in [7, 11) is 0. The van der Waals surface area contributed by atoms with Crippen LogP contribution in [0.4, 0.5) is 4.79 Å². The molecule has 1 aliphatic carbocycles. The molecule has 2 aliphatic rings. The van der Waals surface area contributed by atoms with Crippen LogP contribution in [0.25, 0.3) is 0 Å². The molecule has 3 N–H and O–H groups in total. The van der Waals surface area contributed by atoms with E-state index in [1.807, 2.05) is 45.9 Å². The molecule has 8 nitrogen and oxygen atoms in total. The largest absolute Gasteiger partial charge is 0.440 e. The first-order chi connectivity index (χ1) is 18.9. The Kier molecular flexibility index (Phi) is 11.2. The number of rotatable bonds is 12. The molecule has 1 saturated heterocycles. The molecule has 0 radical (unpaired) electrons. The Morgan fingerprint density at radius 2 is 1.88 bits per heavy atom. The van der Waals surface area contributed by atoms with Gasteiger partial charge in [0.1, 0.15) is 18.4 Å². The Balaban J connectivity index is 1.78. The molecule has 4 atom stereocenters. The topological polar surface area (TPSA) is 114 Å². The fourth-order valence-electron chi connectivity index (χ4n) is 5.13. The first kappa shape index (κ1) is 31.7. The minimum atomic E-state index is -0.940. The van der Waals surface area contributed by atoms with Crippen molar-refractivity contribution in [2.24, 2.45) is 17.3 Å². The predicted octanol–water partition coefficient (Wildman–Crippen LogP) is 5.60. The summed E-state index contributed by atoms with van der Waals surface area (Å²) in [6.07, 6.45) is 5.83. The van der Waals surface area contributed by atoms with Gasteiger partial charge in [-0.3, -0.25) is 9.59 Å². The van der Waals surface area contributed by atoms with E-state index in [4.69, 9.17) is 27.9 Å². The van der Waals surface area contributed by atoms with Crippen molar-refractivity contribution < 1.29 is 23.9 Å². The highest BCUT2D eigenvalue weighted by Crippen LogP contribution is 2.45. The van der Waals surface area contributed by atoms with E-state index in [9.17, 15) is 19.2 Å². The highest BCUT2D eigenvalue weighted by atomic mass is 35.5. The molecule has 0 bridgehead atoms. The van der Waals surface area contributed by atoms with Gasteiger partial charge in [-0.2, -0.15) is 0 Å². The number of carbonyl (C=O) groups excluding carboxylic acids is 4. The van der Waals surface area contributed by atoms with Gasteiger partial charge >= 0.3 is 6.09 Å². The van der Waals surface area contributed by atoms with Gasteiger partial charge in [-0.1, -0.05) is 69.1 Å². The molecule has 3 rings (SSSR count). The molecule has 1 fully saturated rings. The molecule has 1 heterocycles. The van der Waals surface area contributed by atoms with Gasteiger partial charge in [0, 0.05) is 27.9 Å². The molecule has 0 saturated carbocycles. The molecule has 40 heavy (non-hydrogen) atoms. The number of carbonyl (C=O) groups is 4. The fraction of sp³-hybridized carbons (Fsp3) is 0.533. The van der Waals surface area contributed by atoms with Crippen LogP contribution in [0.5, 0.6) is 0 Å². The summed E-state index contributed by atoms with van der Waals surface area (Å²) in [5.41, 5.74) is 1.02. The number of nitrogens with one attached hydrogen (secondary N) is 3. The third-order valence-corrected chi connectivity index (χ3v) is 7.92. The Morgan fingerprint density at radius 3 is 2.45 bits per heavy atom. The van der Waals surface area contributed by atoms with Crippen LogP contribution in [0.1, 0.15) is 71.5 Å². The molecule has 1 aliphatic heterocycles. The van der Waals surface area contributed by atoms with Crippen molar-refractivity contribution in [3.63, 3.8) is 0 Å². The van der Waals surface area contributed by atoms with Gasteiger partial charge in [0.2, 0.25) is 11.8 Å². The molecular formula is C30H39Cl2N3O5. The summed E-state index contributed by atoms with van der Waals surface area (Å²) in [5, 5.41) is 9.44. The van der Waals surface area contributed by atoms with Crippen LogP contribution in [-0.2, 0) is 19.1 Å². The van der Waals surface area contributed by atoms with E-state index in [0.29, 0.717) is 30.7 Å². The number of halogens is 2. The van der Waals surface area contributed by atoms with Crippen LogP contribution < -0.4 is 16.0 Å². The second kappa shape index (κ2) is 14.2. The average Bonchev–Trinajstić information content (AvgIpc) is 3.30. The van der Waals surface area contributed by atoms with Crippen LogP contribution in [0.3, 0.4) is 0 Å². The number of benzene rings is 1. The Labute approximate surface area is 246 Å². The van der Waals surface area contributed by atoms with E-state index in [2.05, 4.69) is 22.0 Å². The van der Waals surface area contributed by atoms with Gasteiger partial charge in [-0.05, 0) is 67.4 Å². The van der Waals surface area contributed by atoms with E-state index >= 15 is 0 Å². The standard InChI is InChI=1S/C30H39Cl2N3O5/c1-18(2)14-25(28(38)34-24(17-36)15-20-12-13-33-27(20)37)35-29(39)40-26(19-8-10-22(31)11-9-19)30(3,4)21-6-5-7-23(32)16-21/h6,8-11,16-18,20,24-26H,5,7,12-15H2,1-4H3,(H,33,37)(H,34,38)(H,35,39)/t20-,24?,25?,26?/m0/s1. The zero-order valence-corrected chi connectivity index (χ0v) is 25.0. The smallest absolute Gasteiger partial charge is 0.408 e. The second-order valence-corrected chi connectivity index (χ2v) is 12.4. The highest BCUT2D eigenvalue weighted by molar-refractivity contribution is 6.30. The van der Waals surface area contributed by atoms with Crippen molar-refractivity contribution in [3.8, 4) is 0 Å². The van der Waals surface area contributed by atoms with Gasteiger partial charge in [0.15, 0.2) is 0 Å². The van der Waals surface area contributed by atoms with Crippen molar-refractivity contribution in [1.82, 2.24) is 16.0 Å². The van der Waals surface area contributed by atoms with Crippen LogP contribution in [0.15, 0.2) is 47.0 Å². The summed E-state index contributed by atoms with van der Waals surface area (Å²) in [5.74, 6) is -0.903. The monoisotopic (exact) mass is 591 g/mol. The van der Waals surface area contributed by atoms with Gasteiger partial charge in [-0.25, -0.2) is 4.79 Å². The van der Waals surface area contributed by atoms with Crippen molar-refractivity contribution >= 4 is 47.4 Å². The number of aldehydes is 1. The Bertz CT molecular complexity index is 1150. The summed E-state index contributed by atoms with van der Waals surface area (Å²) >= 11 is 12.5. The molecule has 1 aromatic rings. The van der Waals surface area contributed by atoms with Crippen molar-refractivity contribution in [2.45, 2.75) is 78.0 Å². The fourth-order valence-corrected chi connectivity index (χ4v) is 5.48. The van der Waals surface area contributed by atoms with Crippen molar-refractivity contribution in [1.29, 1.82) is 0 Å². The van der Waals surface area contributed by atoms with Crippen LogP contribution in [0, 0.1) is 17.3 Å². The molecule has 218 valence electrons. The lowest BCUT2D eigenvalue weighted by Crippen LogP contribution is -2.51. The van der Waals surface area contributed by atoms with Crippen LogP contribution >= 0.6 is 23.2 Å². The summed E-state index contributed by atoms with van der Waals surface area (Å²) in [6, 6.07) is 5.30. The molecule has 10 heteroatoms. The predicted molar refractivity (Wildman–Crippen MR) is 156 cm³/mol. The number of amides is 3. The maximum Gasteiger partial charge on any atom is 0.408 e. The second-order valence-electron chi connectivity index (χ2n) is 11.4. The van der Waals surface area contributed by atoms with E-state index < -0.39 is 35.6 Å². The third kappa shape index (κ3) is 8.58. The quantitative estimate of drug-likeness (QED) is 0.274. The lowest BCUT2D eigenvalue weighted by Gasteiger charge is -2.37. The zero-order chi connectivity index (χ0) is 29.4. The van der Waals surface area contributed by atoms with E-state index in [-0.39, 0.29) is 24.2 Å². The minimum absolute atomic E-state index is 0.0644. The molecule has 0 spiro atoms. The molecule has 3 amide bonds. The Morgan fingerprint density at radius 1 is 1.18 bits per heavy atom. The number of alkyl carbamates (subject to hydrolysis) is 1. The number of ether oxygens (including phenoxy) is 1. The minimum Gasteiger partial charge on any atom is -0.440 e. The number of hydrogen-bond acceptors (Lipinski definition) is 5. The summed E-state index contributed by atoms with van der Waals surface area (Å²) in [6.45, 7) is 8.36. The van der Waals surface area contributed by atoms with E-state index in [1.165, 1.54) is 0 Å². The van der Waals surface area contributed by atoms with Gasteiger partial charge in [-0.15, -0.1) is 0 Å². The average molecular weight is 593 g/mol. The number of allylic oxidation sites excluding steroid dienone is 3. The zero-order valence-electron chi connectivity index (χ0n) is 23.5. The van der Waals surface area contributed by atoms with E-state index in [0.717, 1.165) is 29.0 Å². The van der Waals surface area contributed by atoms with Gasteiger partial charge in [0.25, 0.3) is 0 Å².